The topological polar surface area (TPSA) is 40.6 Å². The molecule has 2 amide bonds. The molecule has 2 heterocycles. The van der Waals surface area contributed by atoms with Crippen molar-refractivity contribution in [3.8, 4) is 0 Å². The molecular weight excluding hydrogens is 335 g/mol. The van der Waals surface area contributed by atoms with Gasteiger partial charge in [0.25, 0.3) is 5.91 Å². The van der Waals surface area contributed by atoms with Gasteiger partial charge in [-0.05, 0) is 43.9 Å². The first-order valence-corrected chi connectivity index (χ1v) is 8.85. The van der Waals surface area contributed by atoms with Crippen LogP contribution in [0.15, 0.2) is 18.2 Å². The van der Waals surface area contributed by atoms with E-state index in [9.17, 15) is 9.59 Å². The number of carbonyl (C=O) groups is 2. The molecule has 1 aromatic carbocycles. The smallest absolute Gasteiger partial charge is 0.255 e. The second-order valence-corrected chi connectivity index (χ2v) is 7.07. The van der Waals surface area contributed by atoms with Crippen LogP contribution in [0.25, 0.3) is 0 Å². The molecule has 0 saturated carbocycles. The largest absolute Gasteiger partial charge is 0.342 e. The van der Waals surface area contributed by atoms with Crippen molar-refractivity contribution < 1.29 is 9.59 Å². The number of halogens is 2. The number of carbonyl (C=O) groups excluding carboxylic acids is 2. The van der Waals surface area contributed by atoms with E-state index in [1.165, 1.54) is 0 Å². The lowest BCUT2D eigenvalue weighted by atomic mass is 9.95. The lowest BCUT2D eigenvalue weighted by Gasteiger charge is -2.33. The van der Waals surface area contributed by atoms with E-state index in [0.717, 1.165) is 38.8 Å². The summed E-state index contributed by atoms with van der Waals surface area (Å²) in [7, 11) is 0. The van der Waals surface area contributed by atoms with Gasteiger partial charge in [0.05, 0.1) is 10.6 Å². The fraction of sp³-hybridized carbons (Fsp3) is 0.529. The Labute approximate surface area is 146 Å². The predicted octanol–water partition coefficient (Wildman–Crippen LogP) is 3.47. The Hall–Kier alpha value is -1.26. The number of piperidine rings is 1. The first-order valence-electron chi connectivity index (χ1n) is 8.09. The van der Waals surface area contributed by atoms with E-state index in [2.05, 4.69) is 0 Å². The summed E-state index contributed by atoms with van der Waals surface area (Å²) in [4.78, 5) is 28.8. The van der Waals surface area contributed by atoms with E-state index in [4.69, 9.17) is 23.2 Å². The van der Waals surface area contributed by atoms with E-state index in [1.54, 1.807) is 23.1 Å². The normalized spacial score (nSPS) is 19.2. The Bertz CT molecular complexity index is 607. The van der Waals surface area contributed by atoms with Crippen molar-refractivity contribution in [1.29, 1.82) is 0 Å². The van der Waals surface area contributed by atoms with Gasteiger partial charge in [-0.2, -0.15) is 0 Å². The fourth-order valence-corrected chi connectivity index (χ4v) is 3.73. The average molecular weight is 355 g/mol. The molecule has 0 N–H and O–H groups in total. The quantitative estimate of drug-likeness (QED) is 0.815. The van der Waals surface area contributed by atoms with Crippen LogP contribution in [0.4, 0.5) is 0 Å². The molecule has 124 valence electrons. The van der Waals surface area contributed by atoms with Crippen LogP contribution >= 0.6 is 23.2 Å². The zero-order chi connectivity index (χ0) is 16.4. The molecule has 6 heteroatoms. The Balaban J connectivity index is 1.61. The minimum absolute atomic E-state index is 0.0481. The summed E-state index contributed by atoms with van der Waals surface area (Å²) >= 11 is 12.1. The van der Waals surface area contributed by atoms with E-state index < -0.39 is 0 Å². The molecule has 2 aliphatic heterocycles. The van der Waals surface area contributed by atoms with Crippen molar-refractivity contribution in [2.24, 2.45) is 5.92 Å². The number of amides is 2. The van der Waals surface area contributed by atoms with Crippen LogP contribution in [0.3, 0.4) is 0 Å². The summed E-state index contributed by atoms with van der Waals surface area (Å²) in [6.07, 6.45) is 3.66. The maximum Gasteiger partial charge on any atom is 0.255 e. The van der Waals surface area contributed by atoms with E-state index in [1.807, 2.05) is 4.90 Å². The van der Waals surface area contributed by atoms with Crippen LogP contribution in [0.2, 0.25) is 10.0 Å². The van der Waals surface area contributed by atoms with Gasteiger partial charge in [0.2, 0.25) is 5.91 Å². The molecule has 0 aliphatic carbocycles. The second kappa shape index (κ2) is 7.10. The number of nitrogens with zero attached hydrogens (tertiary/aromatic N) is 2. The van der Waals surface area contributed by atoms with Crippen molar-refractivity contribution in [3.63, 3.8) is 0 Å². The van der Waals surface area contributed by atoms with Crippen molar-refractivity contribution in [2.75, 3.05) is 26.2 Å². The summed E-state index contributed by atoms with van der Waals surface area (Å²) in [6.45, 7) is 2.95. The van der Waals surface area contributed by atoms with Crippen LogP contribution in [0.1, 0.15) is 36.0 Å². The van der Waals surface area contributed by atoms with Crippen molar-refractivity contribution in [1.82, 2.24) is 9.80 Å². The molecule has 0 bridgehead atoms. The Morgan fingerprint density at radius 2 is 1.61 bits per heavy atom. The minimum atomic E-state index is -0.107. The Morgan fingerprint density at radius 3 is 2.26 bits per heavy atom. The first kappa shape index (κ1) is 16.6. The lowest BCUT2D eigenvalue weighted by molar-refractivity contribution is -0.135. The lowest BCUT2D eigenvalue weighted by Crippen LogP contribution is -2.43. The van der Waals surface area contributed by atoms with Crippen LogP contribution < -0.4 is 0 Å². The third-order valence-corrected chi connectivity index (χ3v) is 5.27. The summed E-state index contributed by atoms with van der Waals surface area (Å²) in [5.74, 6) is 0.201. The minimum Gasteiger partial charge on any atom is -0.342 e. The number of hydrogen-bond acceptors (Lipinski definition) is 2. The van der Waals surface area contributed by atoms with Gasteiger partial charge < -0.3 is 9.80 Å². The highest BCUT2D eigenvalue weighted by atomic mass is 35.5. The second-order valence-electron chi connectivity index (χ2n) is 6.22. The highest BCUT2D eigenvalue weighted by molar-refractivity contribution is 6.35. The highest BCUT2D eigenvalue weighted by Gasteiger charge is 2.31. The number of likely N-dealkylation sites (tertiary alicyclic amines) is 2. The van der Waals surface area contributed by atoms with Gasteiger partial charge in [-0.3, -0.25) is 9.59 Å². The third-order valence-electron chi connectivity index (χ3n) is 4.71. The molecule has 2 aliphatic rings. The Kier molecular flexibility index (Phi) is 5.12. The van der Waals surface area contributed by atoms with Gasteiger partial charge in [-0.25, -0.2) is 0 Å². The number of rotatable bonds is 2. The molecule has 0 unspecified atom stereocenters. The van der Waals surface area contributed by atoms with Gasteiger partial charge in [0.1, 0.15) is 0 Å². The first-order chi connectivity index (χ1) is 11.1. The van der Waals surface area contributed by atoms with Gasteiger partial charge in [0.15, 0.2) is 0 Å². The van der Waals surface area contributed by atoms with Crippen LogP contribution in [0, 0.1) is 5.92 Å². The van der Waals surface area contributed by atoms with Gasteiger partial charge in [0, 0.05) is 37.1 Å². The molecule has 3 rings (SSSR count). The number of hydrogen-bond donors (Lipinski definition) is 0. The summed E-state index contributed by atoms with van der Waals surface area (Å²) in [6, 6.07) is 4.91. The molecule has 2 saturated heterocycles. The molecule has 0 atom stereocenters. The maximum absolute atomic E-state index is 12.6. The predicted molar refractivity (Wildman–Crippen MR) is 90.9 cm³/mol. The van der Waals surface area contributed by atoms with E-state index in [0.29, 0.717) is 28.7 Å². The van der Waals surface area contributed by atoms with E-state index in [-0.39, 0.29) is 17.7 Å². The standard InChI is InChI=1S/C17H20Cl2N2O2/c18-13-3-4-15(19)14(11-13)17(23)21-9-5-12(6-10-21)16(22)20-7-1-2-8-20/h3-4,11-12H,1-2,5-10H2. The highest BCUT2D eigenvalue weighted by Crippen LogP contribution is 2.26. The molecule has 0 aromatic heterocycles. The Morgan fingerprint density at radius 1 is 0.957 bits per heavy atom. The van der Waals surface area contributed by atoms with Crippen molar-refractivity contribution in [3.05, 3.63) is 33.8 Å². The maximum atomic E-state index is 12.6. The monoisotopic (exact) mass is 354 g/mol. The molecule has 4 nitrogen and oxygen atoms in total. The van der Waals surface area contributed by atoms with Gasteiger partial charge in [-0.1, -0.05) is 23.2 Å². The zero-order valence-electron chi connectivity index (χ0n) is 12.9. The van der Waals surface area contributed by atoms with Gasteiger partial charge in [-0.15, -0.1) is 0 Å². The number of benzene rings is 1. The van der Waals surface area contributed by atoms with Gasteiger partial charge >= 0.3 is 0 Å². The SMILES string of the molecule is O=C(c1cc(Cl)ccc1Cl)N1CCC(C(=O)N2CCCC2)CC1. The summed E-state index contributed by atoms with van der Waals surface area (Å²) in [5.41, 5.74) is 0.434. The van der Waals surface area contributed by atoms with Crippen LogP contribution in [-0.4, -0.2) is 47.8 Å². The molecule has 0 spiro atoms. The average Bonchev–Trinajstić information content (AvgIpc) is 3.10. The summed E-state index contributed by atoms with van der Waals surface area (Å²) < 4.78 is 0. The zero-order valence-corrected chi connectivity index (χ0v) is 14.4. The molecule has 2 fully saturated rings. The molecular formula is C17H20Cl2N2O2. The van der Waals surface area contributed by atoms with Crippen LogP contribution in [-0.2, 0) is 4.79 Å². The fourth-order valence-electron chi connectivity index (χ4n) is 3.36. The van der Waals surface area contributed by atoms with E-state index >= 15 is 0 Å². The summed E-state index contributed by atoms with van der Waals surface area (Å²) in [5, 5.41) is 0.909. The molecule has 1 aromatic rings. The van der Waals surface area contributed by atoms with Crippen molar-refractivity contribution in [2.45, 2.75) is 25.7 Å². The third kappa shape index (κ3) is 3.64. The van der Waals surface area contributed by atoms with Crippen molar-refractivity contribution >= 4 is 35.0 Å². The van der Waals surface area contributed by atoms with Crippen LogP contribution in [0.5, 0.6) is 0 Å². The molecule has 0 radical (unpaired) electrons. The molecule has 23 heavy (non-hydrogen) atoms.